The zero-order valence-electron chi connectivity index (χ0n) is 13.9. The molecule has 0 heterocycles. The summed E-state index contributed by atoms with van der Waals surface area (Å²) in [7, 11) is -4.23. The zero-order chi connectivity index (χ0) is 19.1. The van der Waals surface area contributed by atoms with Crippen LogP contribution in [0, 0.1) is 18.7 Å². The van der Waals surface area contributed by atoms with Crippen molar-refractivity contribution in [1.82, 2.24) is 4.72 Å². The molecule has 3 rings (SSSR count). The third-order valence-corrected chi connectivity index (χ3v) is 5.69. The maximum atomic E-state index is 13.5. The van der Waals surface area contributed by atoms with Crippen molar-refractivity contribution in [3.05, 3.63) is 65.0 Å². The van der Waals surface area contributed by atoms with Gasteiger partial charge in [-0.15, -0.1) is 0 Å². The number of rotatable bonds is 5. The lowest BCUT2D eigenvalue weighted by atomic mass is 10.1. The molecule has 26 heavy (non-hydrogen) atoms. The molecule has 0 spiro atoms. The summed E-state index contributed by atoms with van der Waals surface area (Å²) in [4.78, 5) is 23.1. The molecule has 0 aliphatic heterocycles. The summed E-state index contributed by atoms with van der Waals surface area (Å²) in [6.07, 6.45) is 0.556. The van der Waals surface area contributed by atoms with Gasteiger partial charge in [0.05, 0.1) is 10.5 Å². The van der Waals surface area contributed by atoms with Crippen molar-refractivity contribution in [3.63, 3.8) is 0 Å². The fourth-order valence-corrected chi connectivity index (χ4v) is 3.94. The van der Waals surface area contributed by atoms with Crippen LogP contribution in [0.4, 0.5) is 4.39 Å². The first-order chi connectivity index (χ1) is 12.2. The molecule has 1 fully saturated rings. The fourth-order valence-electron chi connectivity index (χ4n) is 2.88. The van der Waals surface area contributed by atoms with E-state index in [-0.39, 0.29) is 5.92 Å². The van der Waals surface area contributed by atoms with Gasteiger partial charge in [-0.05, 0) is 43.0 Å². The smallest absolute Gasteiger partial charge is 0.264 e. The van der Waals surface area contributed by atoms with Crippen LogP contribution in [0.3, 0.4) is 0 Å². The van der Waals surface area contributed by atoms with E-state index in [0.717, 1.165) is 29.3 Å². The molecule has 0 bridgehead atoms. The van der Waals surface area contributed by atoms with Crippen LogP contribution in [0.25, 0.3) is 0 Å². The Morgan fingerprint density at radius 2 is 1.92 bits per heavy atom. The molecular weight excluding hydrogens is 359 g/mol. The maximum Gasteiger partial charge on any atom is 0.264 e. The van der Waals surface area contributed by atoms with E-state index in [4.69, 9.17) is 5.73 Å². The molecule has 2 aromatic carbocycles. The number of halogens is 1. The lowest BCUT2D eigenvalue weighted by Crippen LogP contribution is -2.32. The standard InChI is InChI=1S/C18H17FN2O4S/c1-10-3-2-4-11(7-10)13-9-14(13)18(23)21-26(24,25)12-5-6-16(19)15(8-12)17(20)22/h2-8,13-14H,9H2,1H3,(H2,20,22)(H,21,23)/t13-,14+/m0/s1. The van der Waals surface area contributed by atoms with Gasteiger partial charge in [-0.3, -0.25) is 9.59 Å². The van der Waals surface area contributed by atoms with Crippen molar-refractivity contribution in [2.75, 3.05) is 0 Å². The van der Waals surface area contributed by atoms with E-state index in [1.807, 2.05) is 35.9 Å². The van der Waals surface area contributed by atoms with Crippen molar-refractivity contribution in [2.24, 2.45) is 11.7 Å². The molecule has 1 aliphatic carbocycles. The quantitative estimate of drug-likeness (QED) is 0.830. The van der Waals surface area contributed by atoms with E-state index < -0.39 is 44.0 Å². The molecule has 6 nitrogen and oxygen atoms in total. The van der Waals surface area contributed by atoms with Gasteiger partial charge in [0, 0.05) is 5.92 Å². The van der Waals surface area contributed by atoms with Gasteiger partial charge in [-0.1, -0.05) is 29.8 Å². The molecule has 2 aromatic rings. The van der Waals surface area contributed by atoms with Crippen LogP contribution in [-0.4, -0.2) is 20.2 Å². The third-order valence-electron chi connectivity index (χ3n) is 4.35. The topological polar surface area (TPSA) is 106 Å². The normalized spacial score (nSPS) is 19.0. The van der Waals surface area contributed by atoms with Gasteiger partial charge in [0.15, 0.2) is 0 Å². The van der Waals surface area contributed by atoms with Crippen molar-refractivity contribution in [2.45, 2.75) is 24.2 Å². The number of amides is 2. The summed E-state index contributed by atoms with van der Waals surface area (Å²) in [6, 6.07) is 10.3. The molecule has 8 heteroatoms. The first kappa shape index (κ1) is 18.1. The summed E-state index contributed by atoms with van der Waals surface area (Å²) in [5, 5.41) is 0. The Bertz CT molecular complexity index is 1000. The first-order valence-corrected chi connectivity index (χ1v) is 9.40. The Morgan fingerprint density at radius 1 is 1.19 bits per heavy atom. The average molecular weight is 376 g/mol. The number of carbonyl (C=O) groups is 2. The molecule has 0 saturated heterocycles. The minimum Gasteiger partial charge on any atom is -0.366 e. The van der Waals surface area contributed by atoms with Crippen LogP contribution in [-0.2, 0) is 14.8 Å². The first-order valence-electron chi connectivity index (χ1n) is 7.91. The predicted molar refractivity (Wildman–Crippen MR) is 92.3 cm³/mol. The van der Waals surface area contributed by atoms with Crippen molar-refractivity contribution < 1.29 is 22.4 Å². The number of hydrogen-bond donors (Lipinski definition) is 2. The summed E-state index contributed by atoms with van der Waals surface area (Å²) < 4.78 is 40.2. The third kappa shape index (κ3) is 3.60. The van der Waals surface area contributed by atoms with Gasteiger partial charge in [0.2, 0.25) is 5.91 Å². The van der Waals surface area contributed by atoms with E-state index in [0.29, 0.717) is 6.42 Å². The van der Waals surface area contributed by atoms with Crippen LogP contribution >= 0.6 is 0 Å². The predicted octanol–water partition coefficient (Wildman–Crippen LogP) is 1.84. The summed E-state index contributed by atoms with van der Waals surface area (Å²) >= 11 is 0. The van der Waals surface area contributed by atoms with Gasteiger partial charge < -0.3 is 5.73 Å². The second-order valence-electron chi connectivity index (χ2n) is 6.34. The number of benzene rings is 2. The molecule has 2 atom stereocenters. The highest BCUT2D eigenvalue weighted by molar-refractivity contribution is 7.90. The Hall–Kier alpha value is -2.74. The molecule has 2 amide bonds. The van der Waals surface area contributed by atoms with Gasteiger partial charge in [0.25, 0.3) is 15.9 Å². The van der Waals surface area contributed by atoms with Crippen molar-refractivity contribution in [1.29, 1.82) is 0 Å². The van der Waals surface area contributed by atoms with Crippen LogP contribution < -0.4 is 10.5 Å². The number of nitrogens with one attached hydrogen (secondary N) is 1. The summed E-state index contributed by atoms with van der Waals surface area (Å²) in [5.41, 5.74) is 6.52. The lowest BCUT2D eigenvalue weighted by Gasteiger charge is -2.08. The van der Waals surface area contributed by atoms with Gasteiger partial charge in [0.1, 0.15) is 5.82 Å². The molecule has 1 saturated carbocycles. The monoisotopic (exact) mass is 376 g/mol. The Kier molecular flexibility index (Phi) is 4.53. The Morgan fingerprint density at radius 3 is 2.58 bits per heavy atom. The van der Waals surface area contributed by atoms with Crippen LogP contribution in [0.1, 0.15) is 33.8 Å². The largest absolute Gasteiger partial charge is 0.366 e. The number of sulfonamides is 1. The Balaban J connectivity index is 1.75. The highest BCUT2D eigenvalue weighted by atomic mass is 32.2. The fraction of sp³-hybridized carbons (Fsp3) is 0.222. The average Bonchev–Trinajstić information content (AvgIpc) is 3.35. The summed E-state index contributed by atoms with van der Waals surface area (Å²) in [5.74, 6) is -3.11. The Labute approximate surface area is 150 Å². The lowest BCUT2D eigenvalue weighted by molar-refractivity contribution is -0.120. The van der Waals surface area contributed by atoms with Crippen LogP contribution in [0.2, 0.25) is 0 Å². The van der Waals surface area contributed by atoms with E-state index in [2.05, 4.69) is 0 Å². The minimum absolute atomic E-state index is 0.0282. The molecule has 0 unspecified atom stereocenters. The highest BCUT2D eigenvalue weighted by Crippen LogP contribution is 2.47. The second-order valence-corrected chi connectivity index (χ2v) is 8.02. The van der Waals surface area contributed by atoms with Crippen LogP contribution in [0.15, 0.2) is 47.4 Å². The molecule has 3 N–H and O–H groups in total. The van der Waals surface area contributed by atoms with Crippen molar-refractivity contribution >= 4 is 21.8 Å². The molecule has 136 valence electrons. The molecule has 1 aliphatic rings. The maximum absolute atomic E-state index is 13.5. The van der Waals surface area contributed by atoms with Gasteiger partial charge in [-0.2, -0.15) is 0 Å². The van der Waals surface area contributed by atoms with Gasteiger partial charge in [-0.25, -0.2) is 17.5 Å². The second kappa shape index (κ2) is 6.53. The van der Waals surface area contributed by atoms with Crippen molar-refractivity contribution in [3.8, 4) is 0 Å². The van der Waals surface area contributed by atoms with E-state index in [9.17, 15) is 22.4 Å². The number of nitrogens with two attached hydrogens (primary N) is 1. The number of hydrogen-bond acceptors (Lipinski definition) is 4. The van der Waals surface area contributed by atoms with E-state index in [1.54, 1.807) is 0 Å². The number of carbonyl (C=O) groups excluding carboxylic acids is 2. The molecule has 0 radical (unpaired) electrons. The molecule has 0 aromatic heterocycles. The zero-order valence-corrected chi connectivity index (χ0v) is 14.7. The SMILES string of the molecule is Cc1cccc([C@@H]2C[C@H]2C(=O)NS(=O)(=O)c2ccc(F)c(C(N)=O)c2)c1. The molecular formula is C18H17FN2O4S. The number of aryl methyl sites for hydroxylation is 1. The van der Waals surface area contributed by atoms with E-state index >= 15 is 0 Å². The van der Waals surface area contributed by atoms with Crippen LogP contribution in [0.5, 0.6) is 0 Å². The van der Waals surface area contributed by atoms with Gasteiger partial charge >= 0.3 is 0 Å². The number of primary amides is 1. The summed E-state index contributed by atoms with van der Waals surface area (Å²) in [6.45, 7) is 1.94. The highest BCUT2D eigenvalue weighted by Gasteiger charge is 2.45. The minimum atomic E-state index is -4.23. The van der Waals surface area contributed by atoms with E-state index in [1.165, 1.54) is 0 Å².